The second kappa shape index (κ2) is 18.5. The number of pyridine rings is 1. The average Bonchev–Trinajstić information content (AvgIpc) is 3.82. The van der Waals surface area contributed by atoms with E-state index in [1.807, 2.05) is 18.4 Å². The van der Waals surface area contributed by atoms with Crippen molar-refractivity contribution in [3.05, 3.63) is 62.5 Å². The lowest BCUT2D eigenvalue weighted by atomic mass is 9.83. The van der Waals surface area contributed by atoms with Crippen LogP contribution in [0.3, 0.4) is 0 Å². The number of hydrazine groups is 1. The minimum Gasteiger partial charge on any atom is -0.464 e. The van der Waals surface area contributed by atoms with Gasteiger partial charge in [-0.2, -0.15) is 0 Å². The third-order valence-corrected chi connectivity index (χ3v) is 13.6. The van der Waals surface area contributed by atoms with Crippen LogP contribution in [0.4, 0.5) is 10.6 Å². The minimum absolute atomic E-state index is 0.0577. The molecule has 7 rings (SSSR count). The number of nitrogens with zero attached hydrogens (tertiary/aromatic N) is 7. The second-order valence-electron chi connectivity index (χ2n) is 17.4. The van der Waals surface area contributed by atoms with Gasteiger partial charge in [-0.1, -0.05) is 13.8 Å². The number of esters is 1. The maximum atomic E-state index is 14.7. The molecule has 4 aliphatic heterocycles. The van der Waals surface area contributed by atoms with Gasteiger partial charge in [0.2, 0.25) is 0 Å². The van der Waals surface area contributed by atoms with Crippen molar-refractivity contribution in [2.45, 2.75) is 98.1 Å². The Morgan fingerprint density at radius 2 is 1.97 bits per heavy atom. The van der Waals surface area contributed by atoms with Gasteiger partial charge in [0.05, 0.1) is 54.0 Å². The van der Waals surface area contributed by atoms with Crippen molar-refractivity contribution in [2.75, 3.05) is 59.4 Å². The van der Waals surface area contributed by atoms with Gasteiger partial charge in [-0.15, -0.1) is 11.3 Å². The van der Waals surface area contributed by atoms with E-state index in [4.69, 9.17) is 24.2 Å². The number of hydrogen-bond donors (Lipinski definition) is 2. The number of likely N-dealkylation sites (tertiary alicyclic amines) is 1. The van der Waals surface area contributed by atoms with E-state index < -0.39 is 35.3 Å². The molecule has 2 N–H and O–H groups in total. The number of allylic oxidation sites excluding steroid dienone is 1. The van der Waals surface area contributed by atoms with Crippen molar-refractivity contribution < 1.29 is 33.4 Å². The fourth-order valence-corrected chi connectivity index (χ4v) is 10.0. The van der Waals surface area contributed by atoms with Crippen molar-refractivity contribution in [1.82, 2.24) is 39.3 Å². The molecule has 2 saturated heterocycles. The Labute approximate surface area is 371 Å². The zero-order valence-electron chi connectivity index (χ0n) is 37.2. The van der Waals surface area contributed by atoms with E-state index in [0.717, 1.165) is 45.2 Å². The molecule has 2 fully saturated rings. The predicted octanol–water partition coefficient (Wildman–Crippen LogP) is 4.82. The largest absolute Gasteiger partial charge is 0.464 e. The molecule has 0 aliphatic carbocycles. The third kappa shape index (κ3) is 8.84. The standard InChI is InChI=1S/C44H58N9O7SSi/c1-10-51-38(29-13-11-15-45-36(29)26(4)58-8)31-19-44(5,6)24-60-42(56)34-14-12-16-52(53(34)62)41(55)32(18-35-47-33(23-61-35)27-17-30(31)39(51)46-20-27)48-40(54)37(25(2)3)49(7)43(57)50-21-28(22-50)59-9/h11,13,15,17,23,26,28,32,34,46H,10,12,14,16,18-22,24H2,1-9H3,(H,48,54)/t26-,32-,34-/m0/s1. The van der Waals surface area contributed by atoms with Gasteiger partial charge < -0.3 is 34.3 Å². The van der Waals surface area contributed by atoms with Crippen LogP contribution in [0.25, 0.3) is 22.9 Å². The first-order valence-corrected chi connectivity index (χ1v) is 22.5. The number of ether oxygens (including phenoxy) is 3. The number of carbonyl (C=O) groups is 4. The highest BCUT2D eigenvalue weighted by atomic mass is 32.1. The number of nitrogens with one attached hydrogen (secondary N) is 2. The van der Waals surface area contributed by atoms with Crippen molar-refractivity contribution in [2.24, 2.45) is 5.41 Å². The lowest BCUT2D eigenvalue weighted by Crippen LogP contribution is -2.62. The first-order chi connectivity index (χ1) is 29.6. The highest BCUT2D eigenvalue weighted by Crippen LogP contribution is 2.44. The number of fused-ring (bicyclic) bond motifs is 5. The van der Waals surface area contributed by atoms with Crippen LogP contribution in [0.2, 0.25) is 0 Å². The summed E-state index contributed by atoms with van der Waals surface area (Å²) in [5, 5.41) is 10.8. The average molecular weight is 885 g/mol. The maximum Gasteiger partial charge on any atom is 0.324 e. The number of methoxy groups -OCH3 is 2. The van der Waals surface area contributed by atoms with Crippen LogP contribution in [0.5, 0.6) is 0 Å². The summed E-state index contributed by atoms with van der Waals surface area (Å²) in [6, 6.07) is 1.78. The Morgan fingerprint density at radius 1 is 1.21 bits per heavy atom. The topological polar surface area (TPSA) is 164 Å². The highest BCUT2D eigenvalue weighted by molar-refractivity contribution is 7.09. The molecule has 18 heteroatoms. The van der Waals surface area contributed by atoms with Crippen molar-refractivity contribution >= 4 is 63.0 Å². The van der Waals surface area contributed by atoms with Gasteiger partial charge in [0.1, 0.15) is 23.6 Å². The number of rotatable bonds is 8. The number of cyclic esters (lactones) is 1. The quantitative estimate of drug-likeness (QED) is 0.181. The summed E-state index contributed by atoms with van der Waals surface area (Å²) in [4.78, 5) is 69.3. The van der Waals surface area contributed by atoms with E-state index in [1.165, 1.54) is 25.9 Å². The van der Waals surface area contributed by atoms with Gasteiger partial charge >= 0.3 is 12.0 Å². The maximum absolute atomic E-state index is 14.7. The fourth-order valence-electron chi connectivity index (χ4n) is 8.72. The molecule has 62 heavy (non-hydrogen) atoms. The van der Waals surface area contributed by atoms with Gasteiger partial charge in [-0.25, -0.2) is 14.5 Å². The fraction of sp³-hybridized carbons (Fsp3) is 0.545. The number of hydrogen-bond acceptors (Lipinski definition) is 12. The molecular formula is C44H58N9O7SSi. The number of aromatic nitrogens is 3. The van der Waals surface area contributed by atoms with E-state index in [2.05, 4.69) is 58.5 Å². The van der Waals surface area contributed by atoms with Crippen molar-refractivity contribution in [1.29, 1.82) is 0 Å². The summed E-state index contributed by atoms with van der Waals surface area (Å²) in [6.45, 7) is 14.3. The smallest absolute Gasteiger partial charge is 0.324 e. The lowest BCUT2D eigenvalue weighted by Gasteiger charge is -2.42. The van der Waals surface area contributed by atoms with Gasteiger partial charge in [-0.05, 0) is 81.9 Å². The zero-order chi connectivity index (χ0) is 44.6. The molecule has 3 atom stereocenters. The molecule has 3 radical (unpaired) electrons. The number of thiazole rings is 1. The van der Waals surface area contributed by atoms with E-state index in [9.17, 15) is 19.2 Å². The molecule has 4 aliphatic rings. The van der Waals surface area contributed by atoms with Crippen LogP contribution in [0.1, 0.15) is 88.0 Å². The van der Waals surface area contributed by atoms with Crippen LogP contribution in [-0.2, 0) is 48.0 Å². The first kappa shape index (κ1) is 45.2. The Kier molecular flexibility index (Phi) is 13.4. The summed E-state index contributed by atoms with van der Waals surface area (Å²) in [7, 11) is 8.48. The molecule has 0 spiro atoms. The SMILES string of the molecule is CCn1c2c3c(c1-c1cccnc1[C@H](C)OC)CC(C)(C)COC(=O)[C@@H]1CCCN(C(=O)[C@@H](NC(=O)C(=C(C)C)N(C)C(=O)N4CC(OC)C4)Cc4nc(cs4)C(=C3)CN2)N1[Si]. The van der Waals surface area contributed by atoms with E-state index >= 15 is 0 Å². The zero-order valence-corrected chi connectivity index (χ0v) is 39.0. The highest BCUT2D eigenvalue weighted by Gasteiger charge is 2.41. The molecule has 0 aromatic carbocycles. The Balaban J connectivity index is 1.30. The molecule has 3 aromatic heterocycles. The molecule has 3 aromatic rings. The molecular weight excluding hydrogens is 827 g/mol. The summed E-state index contributed by atoms with van der Waals surface area (Å²) >= 11 is 1.41. The molecule has 6 bridgehead atoms. The number of anilines is 1. The molecule has 7 heterocycles. The molecule has 16 nitrogen and oxygen atoms in total. The van der Waals surface area contributed by atoms with Gasteiger partial charge in [0.25, 0.3) is 11.8 Å². The Bertz CT molecular complexity index is 2280. The molecule has 0 saturated carbocycles. The molecule has 331 valence electrons. The number of likely N-dealkylation sites (N-methyl/N-ethyl adjacent to an activating group) is 1. The predicted molar refractivity (Wildman–Crippen MR) is 238 cm³/mol. The molecule has 4 amide bonds. The summed E-state index contributed by atoms with van der Waals surface area (Å²) in [6.07, 6.45) is 5.29. The Hall–Kier alpha value is -4.88. The van der Waals surface area contributed by atoms with Crippen LogP contribution >= 0.6 is 11.3 Å². The lowest BCUT2D eigenvalue weighted by molar-refractivity contribution is -0.166. The summed E-state index contributed by atoms with van der Waals surface area (Å²) < 4.78 is 21.1. The number of amides is 4. The third-order valence-electron chi connectivity index (χ3n) is 12.1. The summed E-state index contributed by atoms with van der Waals surface area (Å²) in [5.41, 5.74) is 6.89. The van der Waals surface area contributed by atoms with E-state index in [-0.39, 0.29) is 37.0 Å². The van der Waals surface area contributed by atoms with Crippen molar-refractivity contribution in [3.8, 4) is 11.3 Å². The van der Waals surface area contributed by atoms with Gasteiger partial charge in [0.15, 0.2) is 10.4 Å². The van der Waals surface area contributed by atoms with Gasteiger partial charge in [-0.3, -0.25) is 29.3 Å². The summed E-state index contributed by atoms with van der Waals surface area (Å²) in [5.74, 6) is -0.498. The molecule has 0 unspecified atom stereocenters. The van der Waals surface area contributed by atoms with Crippen LogP contribution in [0, 0.1) is 5.41 Å². The monoisotopic (exact) mass is 884 g/mol. The van der Waals surface area contributed by atoms with E-state index in [1.54, 1.807) is 46.2 Å². The van der Waals surface area contributed by atoms with Gasteiger partial charge in [0, 0.05) is 75.4 Å². The minimum atomic E-state index is -1.10. The van der Waals surface area contributed by atoms with Crippen LogP contribution < -0.4 is 10.6 Å². The number of carbonyl (C=O) groups excluding carboxylic acids is 4. The van der Waals surface area contributed by atoms with Crippen LogP contribution in [0.15, 0.2) is 35.0 Å². The first-order valence-electron chi connectivity index (χ1n) is 21.2. The second-order valence-corrected chi connectivity index (χ2v) is 18.8. The van der Waals surface area contributed by atoms with Crippen molar-refractivity contribution in [3.63, 3.8) is 0 Å². The van der Waals surface area contributed by atoms with Crippen LogP contribution in [-0.4, -0.2) is 140 Å². The number of urea groups is 1. The Morgan fingerprint density at radius 3 is 2.66 bits per heavy atom. The normalized spacial score (nSPS) is 21.1. The van der Waals surface area contributed by atoms with E-state index in [0.29, 0.717) is 62.6 Å².